The van der Waals surface area contributed by atoms with Crippen LogP contribution in [0.2, 0.25) is 0 Å². The van der Waals surface area contributed by atoms with Crippen LogP contribution in [0.1, 0.15) is 37.2 Å². The lowest BCUT2D eigenvalue weighted by atomic mass is 10.1. The van der Waals surface area contributed by atoms with Gasteiger partial charge in [-0.2, -0.15) is 0 Å². The van der Waals surface area contributed by atoms with E-state index in [-0.39, 0.29) is 12.2 Å². The molecule has 0 amide bonds. The fraction of sp³-hybridized carbons (Fsp3) is 0.304. The first kappa shape index (κ1) is 22.0. The molecule has 1 N–H and O–H groups in total. The van der Waals surface area contributed by atoms with Gasteiger partial charge in [-0.25, -0.2) is 9.78 Å². The summed E-state index contributed by atoms with van der Waals surface area (Å²) in [6, 6.07) is 12.5. The molecule has 0 radical (unpaired) electrons. The van der Waals surface area contributed by atoms with Gasteiger partial charge < -0.3 is 14.7 Å². The van der Waals surface area contributed by atoms with E-state index < -0.39 is 12.1 Å². The van der Waals surface area contributed by atoms with E-state index in [0.29, 0.717) is 34.6 Å². The number of carbonyl (C=O) groups is 1. The molecule has 3 rings (SSSR count). The van der Waals surface area contributed by atoms with Crippen molar-refractivity contribution >= 4 is 22.6 Å². The number of hydrogen-bond donors (Lipinski definition) is 1. The number of fused-ring (bicyclic) bond motifs is 1. The second kappa shape index (κ2) is 9.42. The van der Waals surface area contributed by atoms with E-state index in [1.807, 2.05) is 19.1 Å². The van der Waals surface area contributed by atoms with Crippen molar-refractivity contribution in [2.45, 2.75) is 39.9 Å². The van der Waals surface area contributed by atoms with Crippen molar-refractivity contribution in [2.24, 2.45) is 12.2 Å². The van der Waals surface area contributed by atoms with Gasteiger partial charge >= 0.3 is 5.97 Å². The van der Waals surface area contributed by atoms with Crippen molar-refractivity contribution in [3.63, 3.8) is 0 Å². The van der Waals surface area contributed by atoms with Gasteiger partial charge in [-0.05, 0) is 61.7 Å². The summed E-state index contributed by atoms with van der Waals surface area (Å²) in [6.45, 7) is 5.45. The highest BCUT2D eigenvalue weighted by molar-refractivity contribution is 5.98. The van der Waals surface area contributed by atoms with E-state index in [9.17, 15) is 9.59 Å². The van der Waals surface area contributed by atoms with Crippen molar-refractivity contribution < 1.29 is 19.5 Å². The maximum Gasteiger partial charge on any atom is 0.344 e. The zero-order chi connectivity index (χ0) is 22.5. The highest BCUT2D eigenvalue weighted by atomic mass is 16.6. The van der Waals surface area contributed by atoms with E-state index in [1.54, 1.807) is 51.2 Å². The number of aromatic nitrogens is 2. The molecule has 0 aliphatic carbocycles. The molecule has 8 nitrogen and oxygen atoms in total. The van der Waals surface area contributed by atoms with E-state index >= 15 is 0 Å². The third-order valence-electron chi connectivity index (χ3n) is 4.98. The summed E-state index contributed by atoms with van der Waals surface area (Å²) in [4.78, 5) is 33.6. The Hall–Kier alpha value is -3.68. The van der Waals surface area contributed by atoms with Crippen LogP contribution in [-0.2, 0) is 23.3 Å². The molecule has 162 valence electrons. The van der Waals surface area contributed by atoms with Gasteiger partial charge in [0.05, 0.1) is 16.6 Å². The van der Waals surface area contributed by atoms with Crippen LogP contribution < -0.4 is 10.3 Å². The molecule has 0 aliphatic rings. The minimum atomic E-state index is -0.992. The average molecular weight is 423 g/mol. The molecule has 0 saturated heterocycles. The molecule has 0 fully saturated rings. The highest BCUT2D eigenvalue weighted by Crippen LogP contribution is 2.22. The van der Waals surface area contributed by atoms with E-state index in [4.69, 9.17) is 14.7 Å². The molecule has 1 unspecified atom stereocenters. The molecule has 3 aromatic rings. The first-order valence-electron chi connectivity index (χ1n) is 9.93. The van der Waals surface area contributed by atoms with Gasteiger partial charge in [-0.1, -0.05) is 24.2 Å². The maximum absolute atomic E-state index is 12.5. The largest absolute Gasteiger partial charge is 0.479 e. The summed E-state index contributed by atoms with van der Waals surface area (Å²) in [7, 11) is 1.65. The number of carboxylic acids is 1. The number of nitrogens with zero attached hydrogens (tertiary/aromatic N) is 3. The number of oxime groups is 1. The molecule has 8 heteroatoms. The third kappa shape index (κ3) is 4.91. The summed E-state index contributed by atoms with van der Waals surface area (Å²) in [6.07, 6.45) is -0.514. The van der Waals surface area contributed by atoms with Crippen LogP contribution in [0.4, 0.5) is 0 Å². The van der Waals surface area contributed by atoms with Crippen LogP contribution in [0.5, 0.6) is 5.75 Å². The first-order valence-corrected chi connectivity index (χ1v) is 9.93. The lowest BCUT2D eigenvalue weighted by Crippen LogP contribution is -2.26. The summed E-state index contributed by atoms with van der Waals surface area (Å²) in [5, 5.41) is 13.9. The van der Waals surface area contributed by atoms with Gasteiger partial charge in [0.25, 0.3) is 5.56 Å². The number of para-hydroxylation sites is 1. The molecule has 0 saturated carbocycles. The predicted molar refractivity (Wildman–Crippen MR) is 118 cm³/mol. The van der Waals surface area contributed by atoms with Gasteiger partial charge in [0.2, 0.25) is 0 Å². The van der Waals surface area contributed by atoms with Crippen molar-refractivity contribution in [3.8, 4) is 5.75 Å². The van der Waals surface area contributed by atoms with Crippen LogP contribution in [0.3, 0.4) is 0 Å². The first-order chi connectivity index (χ1) is 14.8. The molecule has 0 bridgehead atoms. The molecule has 31 heavy (non-hydrogen) atoms. The molecule has 1 aromatic heterocycles. The molecule has 1 heterocycles. The second-order valence-electron chi connectivity index (χ2n) is 7.19. The molecular formula is C23H25N3O5. The lowest BCUT2D eigenvalue weighted by molar-refractivity contribution is -0.145. The monoisotopic (exact) mass is 423 g/mol. The number of aryl methyl sites for hydroxylation is 1. The topological polar surface area (TPSA) is 103 Å². The van der Waals surface area contributed by atoms with Crippen LogP contribution >= 0.6 is 0 Å². The SMILES string of the molecule is CCC(Oc1ccc(/C(C)=N\OCc2nc3ccccc3c(=O)n2C)cc1C)C(=O)O. The van der Waals surface area contributed by atoms with E-state index in [1.165, 1.54) is 4.57 Å². The smallest absolute Gasteiger partial charge is 0.344 e. The minimum Gasteiger partial charge on any atom is -0.479 e. The highest BCUT2D eigenvalue weighted by Gasteiger charge is 2.18. The fourth-order valence-electron chi connectivity index (χ4n) is 3.10. The summed E-state index contributed by atoms with van der Waals surface area (Å²) in [5.41, 5.74) is 2.72. The Morgan fingerprint density at radius 1 is 1.26 bits per heavy atom. The number of benzene rings is 2. The van der Waals surface area contributed by atoms with Crippen LogP contribution in [0, 0.1) is 6.92 Å². The third-order valence-corrected chi connectivity index (χ3v) is 4.98. The van der Waals surface area contributed by atoms with E-state index in [2.05, 4.69) is 10.1 Å². The Labute approximate surface area is 179 Å². The van der Waals surface area contributed by atoms with Gasteiger partial charge in [0.15, 0.2) is 18.5 Å². The molecule has 1 atom stereocenters. The van der Waals surface area contributed by atoms with Gasteiger partial charge in [0, 0.05) is 7.05 Å². The summed E-state index contributed by atoms with van der Waals surface area (Å²) >= 11 is 0. The van der Waals surface area contributed by atoms with Crippen molar-refractivity contribution in [1.29, 1.82) is 0 Å². The van der Waals surface area contributed by atoms with Crippen LogP contribution in [0.15, 0.2) is 52.4 Å². The Morgan fingerprint density at radius 3 is 2.68 bits per heavy atom. The van der Waals surface area contributed by atoms with Gasteiger partial charge in [0.1, 0.15) is 5.75 Å². The molecular weight excluding hydrogens is 398 g/mol. The Bertz CT molecular complexity index is 1200. The number of hydrogen-bond acceptors (Lipinski definition) is 6. The number of rotatable bonds is 8. The molecule has 0 aliphatic heterocycles. The zero-order valence-electron chi connectivity index (χ0n) is 18.0. The Balaban J connectivity index is 1.73. The van der Waals surface area contributed by atoms with Crippen LogP contribution in [-0.4, -0.2) is 32.4 Å². The zero-order valence-corrected chi connectivity index (χ0v) is 18.0. The van der Waals surface area contributed by atoms with Gasteiger partial charge in [-0.3, -0.25) is 9.36 Å². The van der Waals surface area contributed by atoms with Crippen molar-refractivity contribution in [1.82, 2.24) is 9.55 Å². The molecule has 2 aromatic carbocycles. The Kier molecular flexibility index (Phi) is 6.69. The minimum absolute atomic E-state index is 0.0465. The summed E-state index contributed by atoms with van der Waals surface area (Å²) < 4.78 is 7.03. The van der Waals surface area contributed by atoms with E-state index in [0.717, 1.165) is 11.1 Å². The second-order valence-corrected chi connectivity index (χ2v) is 7.19. The number of carboxylic acid groups (broad SMARTS) is 1. The lowest BCUT2D eigenvalue weighted by Gasteiger charge is -2.15. The van der Waals surface area contributed by atoms with Crippen LogP contribution in [0.25, 0.3) is 10.9 Å². The van der Waals surface area contributed by atoms with Crippen molar-refractivity contribution in [2.75, 3.05) is 0 Å². The summed E-state index contributed by atoms with van der Waals surface area (Å²) in [5.74, 6) is -0.00430. The standard InChI is InChI=1S/C23H25N3O5/c1-5-19(23(28)29)31-20-11-10-16(12-14(20)2)15(3)25-30-13-21-24-18-9-7-6-8-17(18)22(27)26(21)4/h6-12,19H,5,13H2,1-4H3,(H,28,29)/b25-15-. The number of aliphatic carboxylic acids is 1. The fourth-order valence-corrected chi connectivity index (χ4v) is 3.10. The maximum atomic E-state index is 12.5. The van der Waals surface area contributed by atoms with Gasteiger partial charge in [-0.15, -0.1) is 0 Å². The van der Waals surface area contributed by atoms with Crippen molar-refractivity contribution in [3.05, 3.63) is 69.8 Å². The normalized spacial score (nSPS) is 12.6. The Morgan fingerprint density at radius 2 is 2.00 bits per heavy atom. The quantitative estimate of drug-likeness (QED) is 0.440. The number of ether oxygens (including phenoxy) is 1. The predicted octanol–water partition coefficient (Wildman–Crippen LogP) is 3.42. The average Bonchev–Trinajstić information content (AvgIpc) is 2.75. The molecule has 0 spiro atoms.